The van der Waals surface area contributed by atoms with E-state index in [0.717, 1.165) is 31.6 Å². The molecule has 0 radical (unpaired) electrons. The quantitative estimate of drug-likeness (QED) is 0.321. The zero-order valence-corrected chi connectivity index (χ0v) is 21.0. The molecule has 1 atom stereocenters. The number of β-amino-alcohol motifs (C(OH)–C–C–N with tert-alkyl or cyclic N) is 1. The monoisotopic (exact) mass is 504 g/mol. The first-order chi connectivity index (χ1) is 17.0. The smallest absolute Gasteiger partial charge is 0.416 e. The molecular weight excluding hydrogens is 469 g/mol. The Morgan fingerprint density at radius 1 is 1.17 bits per heavy atom. The maximum Gasteiger partial charge on any atom is 0.416 e. The van der Waals surface area contributed by atoms with Gasteiger partial charge in [-0.05, 0) is 80.5 Å². The number of aliphatic hydroxyl groups is 1. The van der Waals surface area contributed by atoms with Crippen LogP contribution in [0.4, 0.5) is 13.2 Å². The number of carbonyl (C=O) groups is 1. The third-order valence-corrected chi connectivity index (χ3v) is 6.55. The Kier molecular flexibility index (Phi) is 9.33. The van der Waals surface area contributed by atoms with Gasteiger partial charge in [0.05, 0.1) is 17.9 Å². The molecule has 36 heavy (non-hydrogen) atoms. The molecule has 0 heterocycles. The third kappa shape index (κ3) is 8.18. The first kappa shape index (κ1) is 27.9. The number of halogens is 3. The lowest BCUT2D eigenvalue weighted by Crippen LogP contribution is -2.47. The van der Waals surface area contributed by atoms with Gasteiger partial charge in [-0.15, -0.1) is 0 Å². The minimum Gasteiger partial charge on any atom is -0.437 e. The van der Waals surface area contributed by atoms with E-state index in [9.17, 15) is 23.1 Å². The molecule has 5 nitrogen and oxygen atoms in total. The van der Waals surface area contributed by atoms with Gasteiger partial charge in [0.2, 0.25) is 0 Å². The van der Waals surface area contributed by atoms with Crippen LogP contribution in [-0.2, 0) is 35.1 Å². The summed E-state index contributed by atoms with van der Waals surface area (Å²) in [4.78, 5) is 11.9. The van der Waals surface area contributed by atoms with Crippen LogP contribution >= 0.6 is 0 Å². The number of fused-ring (bicyclic) bond motifs is 1. The summed E-state index contributed by atoms with van der Waals surface area (Å²) in [6.45, 7) is 5.05. The van der Waals surface area contributed by atoms with Crippen LogP contribution in [0.15, 0.2) is 48.7 Å². The van der Waals surface area contributed by atoms with E-state index >= 15 is 0 Å². The maximum absolute atomic E-state index is 13.6. The molecular formula is C28H35F3N2O3. The largest absolute Gasteiger partial charge is 0.437 e. The molecule has 0 saturated heterocycles. The highest BCUT2D eigenvalue weighted by Gasteiger charge is 2.34. The molecule has 3 rings (SSSR count). The molecule has 0 aliphatic heterocycles. The van der Waals surface area contributed by atoms with Gasteiger partial charge in [0.15, 0.2) is 0 Å². The fraction of sp³-hybridized carbons (Fsp3) is 0.464. The zero-order chi connectivity index (χ0) is 26.3. The minimum atomic E-state index is -4.53. The summed E-state index contributed by atoms with van der Waals surface area (Å²) >= 11 is 0. The summed E-state index contributed by atoms with van der Waals surface area (Å²) in [6.07, 6.45) is 0.156. The van der Waals surface area contributed by atoms with E-state index in [0.29, 0.717) is 12.5 Å². The van der Waals surface area contributed by atoms with Crippen molar-refractivity contribution in [1.29, 1.82) is 0 Å². The van der Waals surface area contributed by atoms with E-state index in [4.69, 9.17) is 0 Å². The topological polar surface area (TPSA) is 61.8 Å². The molecule has 0 aromatic heterocycles. The lowest BCUT2D eigenvalue weighted by Gasteiger charge is -2.31. The second-order valence-corrected chi connectivity index (χ2v) is 10.3. The molecule has 1 aliphatic rings. The first-order valence-electron chi connectivity index (χ1n) is 12.1. The van der Waals surface area contributed by atoms with Gasteiger partial charge in [-0.1, -0.05) is 36.4 Å². The highest BCUT2D eigenvalue weighted by molar-refractivity contribution is 5.53. The molecule has 2 aromatic carbocycles. The predicted octanol–water partition coefficient (Wildman–Crippen LogP) is 4.82. The van der Waals surface area contributed by atoms with E-state index in [2.05, 4.69) is 48.2 Å². The highest BCUT2D eigenvalue weighted by atomic mass is 19.4. The van der Waals surface area contributed by atoms with Gasteiger partial charge in [0.1, 0.15) is 0 Å². The van der Waals surface area contributed by atoms with Crippen LogP contribution in [0.5, 0.6) is 0 Å². The van der Waals surface area contributed by atoms with E-state index in [-0.39, 0.29) is 36.2 Å². The number of hydrogen-bond acceptors (Lipinski definition) is 5. The molecule has 8 heteroatoms. The summed E-state index contributed by atoms with van der Waals surface area (Å²) in [6, 6.07) is 12.5. The van der Waals surface area contributed by atoms with Crippen molar-refractivity contribution in [3.63, 3.8) is 0 Å². The van der Waals surface area contributed by atoms with Gasteiger partial charge in [0, 0.05) is 25.2 Å². The van der Waals surface area contributed by atoms with Gasteiger partial charge in [-0.25, -0.2) is 0 Å². The Labute approximate surface area is 211 Å². The normalized spacial score (nSPS) is 15.4. The van der Waals surface area contributed by atoms with Gasteiger partial charge < -0.3 is 15.2 Å². The van der Waals surface area contributed by atoms with Gasteiger partial charge in [0.25, 0.3) is 6.47 Å². The van der Waals surface area contributed by atoms with Gasteiger partial charge >= 0.3 is 6.18 Å². The van der Waals surface area contributed by atoms with Crippen molar-refractivity contribution in [3.8, 4) is 0 Å². The number of ether oxygens (including phenoxy) is 1. The van der Waals surface area contributed by atoms with Crippen molar-refractivity contribution in [2.45, 2.75) is 57.5 Å². The van der Waals surface area contributed by atoms with Crippen molar-refractivity contribution < 1.29 is 27.8 Å². The van der Waals surface area contributed by atoms with Crippen LogP contribution in [0.1, 0.15) is 48.1 Å². The Balaban J connectivity index is 1.51. The highest BCUT2D eigenvalue weighted by Crippen LogP contribution is 2.34. The number of alkyl halides is 3. The lowest BCUT2D eigenvalue weighted by molar-refractivity contribution is -0.138. The Morgan fingerprint density at radius 2 is 1.83 bits per heavy atom. The Morgan fingerprint density at radius 3 is 2.44 bits per heavy atom. The standard InChI is InChI=1S/C28H35F3N2O3/c1-27(2,15-21-12-22-6-4-5-7-23(22)13-21)32-16-25(35)18-33(3)17-24-9-8-20(10-11-36-19-34)14-26(24)28(29,30)31/h4-11,14,19,21,25,32,35H,12-13,15-18H2,1-3H3/b11-10+/t25-/m1/s1. The summed E-state index contributed by atoms with van der Waals surface area (Å²) in [5.41, 5.74) is 2.28. The molecule has 196 valence electrons. The van der Waals surface area contributed by atoms with E-state index in [1.807, 2.05) is 0 Å². The zero-order valence-electron chi connectivity index (χ0n) is 21.0. The molecule has 0 fully saturated rings. The van der Waals surface area contributed by atoms with Crippen molar-refractivity contribution in [2.24, 2.45) is 5.92 Å². The Hall–Kier alpha value is -2.68. The summed E-state index contributed by atoms with van der Waals surface area (Å²) in [5.74, 6) is 0.549. The number of hydrogen-bond donors (Lipinski definition) is 2. The number of aliphatic hydroxyl groups excluding tert-OH is 1. The van der Waals surface area contributed by atoms with Crippen LogP contribution in [0.25, 0.3) is 6.08 Å². The average molecular weight is 505 g/mol. The average Bonchev–Trinajstić information content (AvgIpc) is 3.19. The van der Waals surface area contributed by atoms with Crippen LogP contribution < -0.4 is 5.32 Å². The second-order valence-electron chi connectivity index (χ2n) is 10.3. The fourth-order valence-electron chi connectivity index (χ4n) is 5.01. The number of rotatable bonds is 12. The number of carbonyl (C=O) groups excluding carboxylic acids is 1. The molecule has 0 unspecified atom stereocenters. The van der Waals surface area contributed by atoms with E-state index in [1.165, 1.54) is 29.3 Å². The molecule has 2 aromatic rings. The molecule has 0 spiro atoms. The lowest BCUT2D eigenvalue weighted by atomic mass is 9.88. The molecule has 0 bridgehead atoms. The number of nitrogens with one attached hydrogen (secondary N) is 1. The maximum atomic E-state index is 13.6. The SMILES string of the molecule is CN(Cc1ccc(/C=C/OC=O)cc1C(F)(F)F)C[C@H](O)CNC(C)(C)CC1Cc2ccccc2C1. The molecule has 1 aliphatic carbocycles. The summed E-state index contributed by atoms with van der Waals surface area (Å²) in [7, 11) is 1.69. The van der Waals surface area contributed by atoms with Crippen LogP contribution in [0.3, 0.4) is 0 Å². The Bertz CT molecular complexity index is 1030. The van der Waals surface area contributed by atoms with Crippen molar-refractivity contribution in [2.75, 3.05) is 20.1 Å². The number of nitrogens with zero attached hydrogens (tertiary/aromatic N) is 1. The third-order valence-electron chi connectivity index (χ3n) is 6.55. The van der Waals surface area contributed by atoms with Crippen molar-refractivity contribution in [3.05, 3.63) is 76.5 Å². The van der Waals surface area contributed by atoms with E-state index < -0.39 is 17.8 Å². The molecule has 2 N–H and O–H groups in total. The van der Waals surface area contributed by atoms with Gasteiger partial charge in [-0.2, -0.15) is 13.2 Å². The van der Waals surface area contributed by atoms with Crippen molar-refractivity contribution in [1.82, 2.24) is 10.2 Å². The first-order valence-corrected chi connectivity index (χ1v) is 12.1. The minimum absolute atomic E-state index is 0.0322. The fourth-order valence-corrected chi connectivity index (χ4v) is 5.01. The summed E-state index contributed by atoms with van der Waals surface area (Å²) < 4.78 is 45.4. The van der Waals surface area contributed by atoms with Gasteiger partial charge in [-0.3, -0.25) is 9.69 Å². The van der Waals surface area contributed by atoms with Crippen molar-refractivity contribution >= 4 is 12.5 Å². The van der Waals surface area contributed by atoms with Crippen LogP contribution in [-0.4, -0.2) is 48.3 Å². The van der Waals surface area contributed by atoms with E-state index in [1.54, 1.807) is 11.9 Å². The number of likely N-dealkylation sites (N-methyl/N-ethyl adjacent to an activating group) is 1. The molecule has 0 amide bonds. The summed E-state index contributed by atoms with van der Waals surface area (Å²) in [5, 5.41) is 14.0. The van der Waals surface area contributed by atoms with Crippen LogP contribution in [0, 0.1) is 5.92 Å². The number of benzene rings is 2. The predicted molar refractivity (Wildman–Crippen MR) is 134 cm³/mol. The van der Waals surface area contributed by atoms with Crippen LogP contribution in [0.2, 0.25) is 0 Å². The second kappa shape index (κ2) is 12.0. The molecule has 0 saturated carbocycles.